The molecule has 0 bridgehead atoms. The minimum Gasteiger partial charge on any atom is -0.396 e. The number of nitrogens with zero attached hydrogens (tertiary/aromatic N) is 1. The maximum Gasteiger partial charge on any atom is 0.0705 e. The minimum absolute atomic E-state index is 0.0267. The van der Waals surface area contributed by atoms with E-state index in [9.17, 15) is 10.2 Å². The van der Waals surface area contributed by atoms with Crippen molar-refractivity contribution < 1.29 is 10.2 Å². The van der Waals surface area contributed by atoms with Gasteiger partial charge in [0.25, 0.3) is 0 Å². The zero-order valence-corrected chi connectivity index (χ0v) is 14.3. The van der Waals surface area contributed by atoms with E-state index in [0.29, 0.717) is 19.5 Å². The summed E-state index contributed by atoms with van der Waals surface area (Å²) in [6.07, 6.45) is 2.06. The summed E-state index contributed by atoms with van der Waals surface area (Å²) in [5, 5.41) is 22.1. The highest BCUT2D eigenvalue weighted by molar-refractivity contribution is 6.36. The normalized spacial score (nSPS) is 26.0. The predicted molar refractivity (Wildman–Crippen MR) is 93.6 cm³/mol. The van der Waals surface area contributed by atoms with Crippen LogP contribution >= 0.6 is 11.6 Å². The average Bonchev–Trinajstić information content (AvgIpc) is 2.87. The number of hydrogen-bond donors (Lipinski definition) is 3. The zero-order chi connectivity index (χ0) is 16.4. The van der Waals surface area contributed by atoms with Crippen LogP contribution in [0.3, 0.4) is 0 Å². The Bertz CT molecular complexity index is 672. The monoisotopic (exact) mass is 336 g/mol. The number of likely N-dealkylation sites (tertiary alicyclic amines) is 1. The Kier molecular flexibility index (Phi) is 4.97. The summed E-state index contributed by atoms with van der Waals surface area (Å²) in [6.45, 7) is 4.35. The first-order valence-corrected chi connectivity index (χ1v) is 8.74. The van der Waals surface area contributed by atoms with Crippen LogP contribution in [0.15, 0.2) is 24.3 Å². The summed E-state index contributed by atoms with van der Waals surface area (Å²) >= 11 is 6.51. The highest BCUT2D eigenvalue weighted by Gasteiger charge is 2.41. The van der Waals surface area contributed by atoms with Gasteiger partial charge in [-0.25, -0.2) is 0 Å². The van der Waals surface area contributed by atoms with Gasteiger partial charge in [0.1, 0.15) is 0 Å². The van der Waals surface area contributed by atoms with Crippen LogP contribution in [0.1, 0.15) is 31.9 Å². The Hall–Kier alpha value is -1.07. The third-order valence-corrected chi connectivity index (χ3v) is 5.55. The third-order valence-electron chi connectivity index (χ3n) is 5.12. The predicted octanol–water partition coefficient (Wildman–Crippen LogP) is 3.17. The molecule has 5 heteroatoms. The first-order valence-electron chi connectivity index (χ1n) is 8.36. The van der Waals surface area contributed by atoms with Crippen LogP contribution in [-0.2, 0) is 6.54 Å². The van der Waals surface area contributed by atoms with Crippen molar-refractivity contribution in [2.75, 3.05) is 19.7 Å². The number of aliphatic hydroxyl groups is 2. The lowest BCUT2D eigenvalue weighted by Gasteiger charge is -2.45. The van der Waals surface area contributed by atoms with Crippen LogP contribution < -0.4 is 0 Å². The number of rotatable bonds is 5. The lowest BCUT2D eigenvalue weighted by Crippen LogP contribution is -2.53. The fraction of sp³-hybridized carbons (Fsp3) is 0.556. The van der Waals surface area contributed by atoms with Crippen molar-refractivity contribution in [3.05, 3.63) is 35.0 Å². The number of hydrogen-bond acceptors (Lipinski definition) is 3. The van der Waals surface area contributed by atoms with Crippen LogP contribution in [-0.4, -0.2) is 45.9 Å². The lowest BCUT2D eigenvalue weighted by atomic mass is 9.74. The van der Waals surface area contributed by atoms with Crippen molar-refractivity contribution in [2.45, 2.75) is 38.8 Å². The quantitative estimate of drug-likeness (QED) is 0.786. The largest absolute Gasteiger partial charge is 0.396 e. The summed E-state index contributed by atoms with van der Waals surface area (Å²) < 4.78 is 0. The Morgan fingerprint density at radius 2 is 2.17 bits per heavy atom. The molecule has 2 atom stereocenters. The number of para-hydroxylation sites is 1. The van der Waals surface area contributed by atoms with Gasteiger partial charge < -0.3 is 15.2 Å². The Morgan fingerprint density at radius 3 is 2.87 bits per heavy atom. The molecular formula is C18H25ClN2O2. The molecule has 0 radical (unpaired) electrons. The molecule has 1 saturated heterocycles. The van der Waals surface area contributed by atoms with Gasteiger partial charge >= 0.3 is 0 Å². The van der Waals surface area contributed by atoms with E-state index >= 15 is 0 Å². The first kappa shape index (κ1) is 16.8. The summed E-state index contributed by atoms with van der Waals surface area (Å²) in [6, 6.07) is 8.03. The molecule has 0 amide bonds. The number of piperidine rings is 1. The second-order valence-electron chi connectivity index (χ2n) is 6.75. The van der Waals surface area contributed by atoms with Gasteiger partial charge in [0.05, 0.1) is 17.7 Å². The molecule has 0 aliphatic carbocycles. The second-order valence-corrected chi connectivity index (χ2v) is 7.13. The van der Waals surface area contributed by atoms with Crippen LogP contribution in [0, 0.1) is 5.41 Å². The van der Waals surface area contributed by atoms with Crippen LogP contribution in [0.5, 0.6) is 0 Å². The maximum atomic E-state index is 10.4. The summed E-state index contributed by atoms with van der Waals surface area (Å²) in [4.78, 5) is 5.69. The van der Waals surface area contributed by atoms with Gasteiger partial charge in [-0.2, -0.15) is 0 Å². The smallest absolute Gasteiger partial charge is 0.0705 e. The Labute approximate surface area is 142 Å². The standard InChI is InChI=1S/C18H25ClN2O2/c1-2-8-18(12-22)11-21(9-7-16(18)23)10-15-17(19)13-5-3-4-6-14(13)20-15/h3-6,16,20,22-23H,2,7-12H2,1H3/t16-,18-/m0/s1. The van der Waals surface area contributed by atoms with E-state index in [-0.39, 0.29) is 6.61 Å². The molecule has 1 aliphatic rings. The molecule has 2 aromatic rings. The Balaban J connectivity index is 1.80. The van der Waals surface area contributed by atoms with Crippen molar-refractivity contribution in [2.24, 2.45) is 5.41 Å². The van der Waals surface area contributed by atoms with E-state index in [1.54, 1.807) is 0 Å². The van der Waals surface area contributed by atoms with Crippen molar-refractivity contribution in [3.8, 4) is 0 Å². The highest BCUT2D eigenvalue weighted by Crippen LogP contribution is 2.36. The minimum atomic E-state index is -0.429. The molecule has 1 aromatic heterocycles. The van der Waals surface area contributed by atoms with Gasteiger partial charge in [0.2, 0.25) is 0 Å². The van der Waals surface area contributed by atoms with Gasteiger partial charge in [-0.3, -0.25) is 4.90 Å². The van der Waals surface area contributed by atoms with Gasteiger partial charge in [-0.15, -0.1) is 0 Å². The molecule has 1 aliphatic heterocycles. The number of H-pyrrole nitrogens is 1. The van der Waals surface area contributed by atoms with Gasteiger partial charge in [-0.05, 0) is 18.9 Å². The van der Waals surface area contributed by atoms with E-state index in [2.05, 4.69) is 16.8 Å². The molecule has 0 spiro atoms. The van der Waals surface area contributed by atoms with E-state index in [1.165, 1.54) is 0 Å². The molecule has 1 fully saturated rings. The maximum absolute atomic E-state index is 10.4. The molecule has 1 aromatic carbocycles. The number of aromatic nitrogens is 1. The summed E-state index contributed by atoms with van der Waals surface area (Å²) in [5.41, 5.74) is 1.64. The molecule has 0 saturated carbocycles. The third kappa shape index (κ3) is 3.13. The number of benzene rings is 1. The van der Waals surface area contributed by atoms with Gasteiger partial charge in [-0.1, -0.05) is 43.1 Å². The summed E-state index contributed by atoms with van der Waals surface area (Å²) in [7, 11) is 0. The van der Waals surface area contributed by atoms with Gasteiger partial charge in [0, 0.05) is 41.6 Å². The molecule has 4 nitrogen and oxygen atoms in total. The second kappa shape index (κ2) is 6.81. The van der Waals surface area contributed by atoms with Crippen molar-refractivity contribution in [3.63, 3.8) is 0 Å². The number of nitrogens with one attached hydrogen (secondary N) is 1. The number of aromatic amines is 1. The van der Waals surface area contributed by atoms with E-state index in [0.717, 1.165) is 41.0 Å². The van der Waals surface area contributed by atoms with Gasteiger partial charge in [0.15, 0.2) is 0 Å². The number of halogens is 1. The molecule has 2 heterocycles. The van der Waals surface area contributed by atoms with E-state index in [1.807, 2.05) is 24.3 Å². The average molecular weight is 337 g/mol. The molecule has 23 heavy (non-hydrogen) atoms. The fourth-order valence-electron chi connectivity index (χ4n) is 3.85. The Morgan fingerprint density at radius 1 is 1.39 bits per heavy atom. The fourth-order valence-corrected chi connectivity index (χ4v) is 4.12. The highest BCUT2D eigenvalue weighted by atomic mass is 35.5. The van der Waals surface area contributed by atoms with E-state index < -0.39 is 11.5 Å². The van der Waals surface area contributed by atoms with Crippen molar-refractivity contribution >= 4 is 22.5 Å². The zero-order valence-electron chi connectivity index (χ0n) is 13.6. The number of aliphatic hydroxyl groups excluding tert-OH is 2. The number of fused-ring (bicyclic) bond motifs is 1. The first-order chi connectivity index (χ1) is 11.1. The van der Waals surface area contributed by atoms with Crippen LogP contribution in [0.25, 0.3) is 10.9 Å². The summed E-state index contributed by atoms with van der Waals surface area (Å²) in [5.74, 6) is 0. The molecule has 3 rings (SSSR count). The molecule has 0 unspecified atom stereocenters. The van der Waals surface area contributed by atoms with E-state index in [4.69, 9.17) is 11.6 Å². The lowest BCUT2D eigenvalue weighted by molar-refractivity contribution is -0.0821. The SMILES string of the molecule is CCC[C@@]1(CO)CN(Cc2[nH]c3ccccc3c2Cl)CC[C@@H]1O. The van der Waals surface area contributed by atoms with Crippen LogP contribution in [0.2, 0.25) is 5.02 Å². The van der Waals surface area contributed by atoms with Crippen molar-refractivity contribution in [1.29, 1.82) is 0 Å². The topological polar surface area (TPSA) is 59.5 Å². The molecular weight excluding hydrogens is 312 g/mol. The molecule has 3 N–H and O–H groups in total. The molecule has 126 valence electrons. The van der Waals surface area contributed by atoms with Crippen molar-refractivity contribution in [1.82, 2.24) is 9.88 Å². The van der Waals surface area contributed by atoms with Crippen LogP contribution in [0.4, 0.5) is 0 Å².